The van der Waals surface area contributed by atoms with E-state index in [0.717, 1.165) is 42.0 Å². The summed E-state index contributed by atoms with van der Waals surface area (Å²) in [6.45, 7) is 4.41. The first-order valence-corrected chi connectivity index (χ1v) is 8.57. The predicted molar refractivity (Wildman–Crippen MR) is 94.3 cm³/mol. The van der Waals surface area contributed by atoms with Gasteiger partial charge in [-0.15, -0.1) is 0 Å². The lowest BCUT2D eigenvalue weighted by Gasteiger charge is -2.38. The van der Waals surface area contributed by atoms with Gasteiger partial charge in [-0.2, -0.15) is 0 Å². The zero-order valence-corrected chi connectivity index (χ0v) is 14.2. The molecule has 2 fully saturated rings. The van der Waals surface area contributed by atoms with E-state index in [1.165, 1.54) is 23.8 Å². The molecule has 4 rings (SSSR count). The van der Waals surface area contributed by atoms with Crippen molar-refractivity contribution in [2.45, 2.75) is 25.8 Å². The van der Waals surface area contributed by atoms with Gasteiger partial charge in [-0.05, 0) is 68.5 Å². The lowest BCUT2D eigenvalue weighted by Crippen LogP contribution is -2.50. The van der Waals surface area contributed by atoms with Crippen molar-refractivity contribution in [3.8, 4) is 5.75 Å². The van der Waals surface area contributed by atoms with Gasteiger partial charge in [0.2, 0.25) is 0 Å². The molecule has 1 aliphatic carbocycles. The number of hydrogen-bond donors (Lipinski definition) is 1. The van der Waals surface area contributed by atoms with Crippen LogP contribution in [-0.4, -0.2) is 38.3 Å². The van der Waals surface area contributed by atoms with Gasteiger partial charge >= 0.3 is 0 Å². The third-order valence-corrected chi connectivity index (χ3v) is 5.70. The molecule has 0 radical (unpaired) electrons. The quantitative estimate of drug-likeness (QED) is 0.945. The third-order valence-electron chi connectivity index (χ3n) is 5.70. The fraction of sp³-hybridized carbons (Fsp3) is 0.526. The number of nitrogens with one attached hydrogen (secondary N) is 1. The van der Waals surface area contributed by atoms with Crippen molar-refractivity contribution in [3.63, 3.8) is 0 Å². The van der Waals surface area contributed by atoms with Crippen LogP contribution in [0.4, 0.5) is 5.82 Å². The number of hydrogen-bond acceptors (Lipinski definition) is 4. The highest BCUT2D eigenvalue weighted by Crippen LogP contribution is 2.38. The number of piperidine rings is 1. The summed E-state index contributed by atoms with van der Waals surface area (Å²) in [6, 6.07) is 9.08. The molecule has 1 saturated carbocycles. The molecule has 23 heavy (non-hydrogen) atoms. The van der Waals surface area contributed by atoms with Crippen molar-refractivity contribution in [2.24, 2.45) is 11.8 Å². The lowest BCUT2D eigenvalue weighted by atomic mass is 9.92. The van der Waals surface area contributed by atoms with E-state index in [0.29, 0.717) is 6.04 Å². The minimum Gasteiger partial charge on any atom is -0.497 e. The van der Waals surface area contributed by atoms with E-state index in [-0.39, 0.29) is 0 Å². The van der Waals surface area contributed by atoms with Gasteiger partial charge in [0.05, 0.1) is 12.6 Å². The van der Waals surface area contributed by atoms with Gasteiger partial charge < -0.3 is 15.0 Å². The molecule has 1 aliphatic heterocycles. The molecule has 2 bridgehead atoms. The van der Waals surface area contributed by atoms with Crippen LogP contribution in [-0.2, 0) is 0 Å². The maximum Gasteiger partial charge on any atom is 0.129 e. The Labute approximate surface area is 137 Å². The molecule has 2 aromatic rings. The summed E-state index contributed by atoms with van der Waals surface area (Å²) in [5.74, 6) is 3.54. The van der Waals surface area contributed by atoms with Crippen molar-refractivity contribution in [2.75, 3.05) is 32.1 Å². The topological polar surface area (TPSA) is 37.4 Å². The number of rotatable bonds is 3. The van der Waals surface area contributed by atoms with Crippen molar-refractivity contribution >= 4 is 16.7 Å². The molecule has 2 atom stereocenters. The van der Waals surface area contributed by atoms with Crippen LogP contribution in [0.1, 0.15) is 18.4 Å². The molecule has 1 aromatic heterocycles. The SMILES string of the molecule is CNC1C2CCC1CN(c1cc(C)c3cc(OC)ccc3n1)C2. The molecule has 1 saturated heterocycles. The minimum atomic E-state index is 0.692. The van der Waals surface area contributed by atoms with Crippen molar-refractivity contribution < 1.29 is 4.74 Å². The Balaban J connectivity index is 1.68. The lowest BCUT2D eigenvalue weighted by molar-refractivity contribution is 0.312. The van der Waals surface area contributed by atoms with Crippen LogP contribution in [0.5, 0.6) is 5.75 Å². The first-order chi connectivity index (χ1) is 11.2. The smallest absolute Gasteiger partial charge is 0.129 e. The van der Waals surface area contributed by atoms with Crippen LogP contribution < -0.4 is 15.0 Å². The number of fused-ring (bicyclic) bond motifs is 3. The summed E-state index contributed by atoms with van der Waals surface area (Å²) in [5, 5.41) is 4.71. The monoisotopic (exact) mass is 311 g/mol. The van der Waals surface area contributed by atoms with Crippen LogP contribution in [0.2, 0.25) is 0 Å². The van der Waals surface area contributed by atoms with E-state index < -0.39 is 0 Å². The molecule has 2 aliphatic rings. The third kappa shape index (κ3) is 2.45. The molecular weight excluding hydrogens is 286 g/mol. The minimum absolute atomic E-state index is 0.692. The summed E-state index contributed by atoms with van der Waals surface area (Å²) in [7, 11) is 3.82. The number of benzene rings is 1. The van der Waals surface area contributed by atoms with Crippen LogP contribution in [0.25, 0.3) is 10.9 Å². The van der Waals surface area contributed by atoms with Gasteiger partial charge in [0.25, 0.3) is 0 Å². The van der Waals surface area contributed by atoms with Crippen LogP contribution >= 0.6 is 0 Å². The zero-order chi connectivity index (χ0) is 16.0. The van der Waals surface area contributed by atoms with Crippen LogP contribution in [0.15, 0.2) is 24.3 Å². The van der Waals surface area contributed by atoms with Crippen molar-refractivity contribution in [3.05, 3.63) is 29.8 Å². The highest BCUT2D eigenvalue weighted by Gasteiger charge is 2.41. The van der Waals surface area contributed by atoms with E-state index >= 15 is 0 Å². The largest absolute Gasteiger partial charge is 0.497 e. The van der Waals surface area contributed by atoms with Gasteiger partial charge in [-0.25, -0.2) is 4.98 Å². The Morgan fingerprint density at radius 2 is 1.91 bits per heavy atom. The number of anilines is 1. The van der Waals surface area contributed by atoms with Crippen molar-refractivity contribution in [1.82, 2.24) is 10.3 Å². The number of aromatic nitrogens is 1. The molecule has 4 nitrogen and oxygen atoms in total. The Bertz CT molecular complexity index is 716. The fourth-order valence-electron chi connectivity index (χ4n) is 4.53. The summed E-state index contributed by atoms with van der Waals surface area (Å²) < 4.78 is 5.34. The summed E-state index contributed by atoms with van der Waals surface area (Å²) >= 11 is 0. The molecule has 0 spiro atoms. The molecule has 122 valence electrons. The highest BCUT2D eigenvalue weighted by molar-refractivity contribution is 5.85. The number of ether oxygens (including phenoxy) is 1. The number of nitrogens with zero attached hydrogens (tertiary/aromatic N) is 2. The van der Waals surface area contributed by atoms with Crippen LogP contribution in [0.3, 0.4) is 0 Å². The Morgan fingerprint density at radius 3 is 2.57 bits per heavy atom. The zero-order valence-electron chi connectivity index (χ0n) is 14.2. The maximum absolute atomic E-state index is 5.34. The van der Waals surface area contributed by atoms with Crippen LogP contribution in [0, 0.1) is 18.8 Å². The Morgan fingerprint density at radius 1 is 1.17 bits per heavy atom. The molecule has 2 heterocycles. The normalized spacial score (nSPS) is 26.7. The average molecular weight is 311 g/mol. The summed E-state index contributed by atoms with van der Waals surface area (Å²) in [6.07, 6.45) is 2.69. The van der Waals surface area contributed by atoms with E-state index in [1.54, 1.807) is 7.11 Å². The van der Waals surface area contributed by atoms with Gasteiger partial charge in [0, 0.05) is 24.5 Å². The summed E-state index contributed by atoms with van der Waals surface area (Å²) in [5.41, 5.74) is 2.33. The standard InChI is InChI=1S/C19H25N3O/c1-12-8-18(21-17-7-6-15(23-3)9-16(12)17)22-10-13-4-5-14(11-22)19(13)20-2/h6-9,13-14,19-20H,4-5,10-11H2,1-3H3. The molecule has 0 amide bonds. The van der Waals surface area contributed by atoms with Gasteiger partial charge in [-0.1, -0.05) is 0 Å². The molecule has 2 unspecified atom stereocenters. The average Bonchev–Trinajstić information content (AvgIpc) is 2.82. The van der Waals surface area contributed by atoms with Crippen molar-refractivity contribution in [1.29, 1.82) is 0 Å². The number of methoxy groups -OCH3 is 1. The number of aryl methyl sites for hydroxylation is 1. The van der Waals surface area contributed by atoms with Gasteiger partial charge in [0.15, 0.2) is 0 Å². The number of pyridine rings is 1. The van der Waals surface area contributed by atoms with E-state index in [9.17, 15) is 0 Å². The second-order valence-corrected chi connectivity index (χ2v) is 7.00. The molecule has 4 heteroatoms. The van der Waals surface area contributed by atoms with E-state index in [1.807, 2.05) is 6.07 Å². The second-order valence-electron chi connectivity index (χ2n) is 7.00. The van der Waals surface area contributed by atoms with E-state index in [2.05, 4.69) is 42.4 Å². The molecule has 1 N–H and O–H groups in total. The Kier molecular flexibility index (Phi) is 3.64. The van der Waals surface area contributed by atoms with Gasteiger partial charge in [-0.3, -0.25) is 0 Å². The highest BCUT2D eigenvalue weighted by atomic mass is 16.5. The second kappa shape index (κ2) is 5.68. The fourth-order valence-corrected chi connectivity index (χ4v) is 4.53. The molecule has 1 aromatic carbocycles. The maximum atomic E-state index is 5.34. The molecular formula is C19H25N3O. The Hall–Kier alpha value is -1.81. The summed E-state index contributed by atoms with van der Waals surface area (Å²) in [4.78, 5) is 7.43. The first-order valence-electron chi connectivity index (χ1n) is 8.57. The first kappa shape index (κ1) is 14.8. The predicted octanol–water partition coefficient (Wildman–Crippen LogP) is 2.99. The van der Waals surface area contributed by atoms with Gasteiger partial charge in [0.1, 0.15) is 11.6 Å². The van der Waals surface area contributed by atoms with E-state index in [4.69, 9.17) is 9.72 Å².